The molecule has 2 aliphatic heterocycles. The van der Waals surface area contributed by atoms with Crippen LogP contribution in [0.15, 0.2) is 42.7 Å². The number of nitrogens with zero attached hydrogens (tertiary/aromatic N) is 4. The van der Waals surface area contributed by atoms with Gasteiger partial charge in [0.25, 0.3) is 0 Å². The van der Waals surface area contributed by atoms with Crippen molar-refractivity contribution in [1.82, 2.24) is 19.6 Å². The van der Waals surface area contributed by atoms with Gasteiger partial charge in [-0.2, -0.15) is 5.10 Å². The highest BCUT2D eigenvalue weighted by Gasteiger charge is 2.37. The van der Waals surface area contributed by atoms with E-state index in [1.807, 2.05) is 12.3 Å². The quantitative estimate of drug-likeness (QED) is 0.675. The fraction of sp³-hybridized carbons (Fsp3) is 0.630. The molecule has 1 saturated heterocycles. The van der Waals surface area contributed by atoms with Gasteiger partial charge in [-0.3, -0.25) is 14.4 Å². The molecule has 2 aliphatic rings. The highest BCUT2D eigenvalue weighted by atomic mass is 16.5. The third-order valence-electron chi connectivity index (χ3n) is 7.46. The molecular weight excluding hydrogens is 412 g/mol. The number of benzene rings is 1. The number of aromatic nitrogens is 2. The van der Waals surface area contributed by atoms with E-state index in [9.17, 15) is 4.79 Å². The van der Waals surface area contributed by atoms with E-state index in [2.05, 4.69) is 46.1 Å². The summed E-state index contributed by atoms with van der Waals surface area (Å²) in [6.07, 6.45) is 13.0. The minimum Gasteiger partial charge on any atom is -0.492 e. The minimum atomic E-state index is 0.189. The Kier molecular flexibility index (Phi) is 8.43. The number of aryl methyl sites for hydroxylation is 1. The van der Waals surface area contributed by atoms with E-state index in [4.69, 9.17) is 4.74 Å². The Morgan fingerprint density at radius 3 is 2.73 bits per heavy atom. The lowest BCUT2D eigenvalue weighted by molar-refractivity contribution is -0.134. The first kappa shape index (κ1) is 23.8. The van der Waals surface area contributed by atoms with Crippen LogP contribution in [0.3, 0.4) is 0 Å². The number of likely N-dealkylation sites (tertiary alicyclic amines) is 1. The van der Waals surface area contributed by atoms with Gasteiger partial charge < -0.3 is 9.64 Å². The maximum absolute atomic E-state index is 12.8. The number of ether oxygens (including phenoxy) is 1. The first-order valence-corrected chi connectivity index (χ1v) is 12.9. The van der Waals surface area contributed by atoms with Crippen LogP contribution < -0.4 is 4.74 Å². The molecule has 3 heterocycles. The van der Waals surface area contributed by atoms with Crippen molar-refractivity contribution in [2.24, 2.45) is 5.41 Å². The highest BCUT2D eigenvalue weighted by molar-refractivity contribution is 5.76. The number of hydrogen-bond acceptors (Lipinski definition) is 4. The first-order valence-electron chi connectivity index (χ1n) is 12.9. The van der Waals surface area contributed by atoms with Crippen LogP contribution in [0.1, 0.15) is 57.4 Å². The Hall–Kier alpha value is -2.34. The maximum atomic E-state index is 12.8. The van der Waals surface area contributed by atoms with Gasteiger partial charge in [0, 0.05) is 38.6 Å². The zero-order chi connectivity index (χ0) is 22.9. The second-order valence-electron chi connectivity index (χ2n) is 9.88. The smallest absolute Gasteiger partial charge is 0.244 e. The van der Waals surface area contributed by atoms with Crippen molar-refractivity contribution in [3.8, 4) is 5.75 Å². The fourth-order valence-corrected chi connectivity index (χ4v) is 5.43. The summed E-state index contributed by atoms with van der Waals surface area (Å²) in [5, 5.41) is 4.20. The molecule has 1 fully saturated rings. The molecule has 1 amide bonds. The molecule has 33 heavy (non-hydrogen) atoms. The van der Waals surface area contributed by atoms with Gasteiger partial charge in [-0.1, -0.05) is 38.0 Å². The van der Waals surface area contributed by atoms with Crippen LogP contribution in [-0.2, 0) is 17.8 Å². The van der Waals surface area contributed by atoms with E-state index in [0.29, 0.717) is 12.0 Å². The van der Waals surface area contributed by atoms with Crippen molar-refractivity contribution < 1.29 is 9.53 Å². The maximum Gasteiger partial charge on any atom is 0.244 e. The van der Waals surface area contributed by atoms with Crippen molar-refractivity contribution in [2.75, 3.05) is 39.3 Å². The number of amides is 1. The molecule has 0 N–H and O–H groups in total. The summed E-state index contributed by atoms with van der Waals surface area (Å²) in [7, 11) is 0. The third kappa shape index (κ3) is 6.59. The third-order valence-corrected chi connectivity index (χ3v) is 7.46. The summed E-state index contributed by atoms with van der Waals surface area (Å²) in [6.45, 7) is 8.30. The normalized spacial score (nSPS) is 19.8. The average molecular weight is 453 g/mol. The molecule has 0 aliphatic carbocycles. The molecule has 2 aromatic rings. The number of unbranched alkanes of at least 4 members (excludes halogenated alkanes) is 1. The van der Waals surface area contributed by atoms with Crippen LogP contribution in [0.25, 0.3) is 0 Å². The molecule has 1 aromatic carbocycles. The van der Waals surface area contributed by atoms with Crippen LogP contribution in [0.4, 0.5) is 0 Å². The van der Waals surface area contributed by atoms with Crippen LogP contribution in [-0.4, -0.2) is 64.8 Å². The molecule has 0 bridgehead atoms. The van der Waals surface area contributed by atoms with E-state index >= 15 is 0 Å². The van der Waals surface area contributed by atoms with Gasteiger partial charge in [-0.15, -0.1) is 0 Å². The van der Waals surface area contributed by atoms with Crippen LogP contribution in [0.2, 0.25) is 0 Å². The molecule has 0 saturated carbocycles. The number of piperidine rings is 1. The molecule has 1 aromatic heterocycles. The van der Waals surface area contributed by atoms with Gasteiger partial charge in [0.1, 0.15) is 18.9 Å². The zero-order valence-electron chi connectivity index (χ0n) is 20.3. The van der Waals surface area contributed by atoms with Gasteiger partial charge in [0.2, 0.25) is 5.91 Å². The van der Waals surface area contributed by atoms with Crippen molar-refractivity contribution in [3.63, 3.8) is 0 Å². The zero-order valence-corrected chi connectivity index (χ0v) is 20.3. The molecule has 6 heteroatoms. The molecule has 180 valence electrons. The largest absolute Gasteiger partial charge is 0.492 e. The Balaban J connectivity index is 1.42. The summed E-state index contributed by atoms with van der Waals surface area (Å²) in [4.78, 5) is 17.5. The Morgan fingerprint density at radius 2 is 1.94 bits per heavy atom. The standard InChI is InChI=1S/C27H40N4O2/c1-2-3-16-29-20-21-33-25-11-5-4-9-24(25)10-6-7-12-27(23-29)13-18-30(19-14-27)26(32)22-31-17-8-15-28-31/h4-5,8-9,11,15,17H,2-3,6-7,10,12-14,16,18-23H2,1H3. The summed E-state index contributed by atoms with van der Waals surface area (Å²) in [5.41, 5.74) is 1.64. The lowest BCUT2D eigenvalue weighted by atomic mass is 9.73. The number of hydrogen-bond donors (Lipinski definition) is 0. The summed E-state index contributed by atoms with van der Waals surface area (Å²) < 4.78 is 7.97. The Morgan fingerprint density at radius 1 is 1.09 bits per heavy atom. The van der Waals surface area contributed by atoms with Crippen LogP contribution in [0.5, 0.6) is 5.75 Å². The lowest BCUT2D eigenvalue weighted by Gasteiger charge is -2.45. The van der Waals surface area contributed by atoms with Gasteiger partial charge in [-0.05, 0) is 68.2 Å². The fourth-order valence-electron chi connectivity index (χ4n) is 5.43. The average Bonchev–Trinajstić information content (AvgIpc) is 3.34. The second-order valence-corrected chi connectivity index (χ2v) is 9.88. The molecule has 6 nitrogen and oxygen atoms in total. The van der Waals surface area contributed by atoms with Gasteiger partial charge >= 0.3 is 0 Å². The van der Waals surface area contributed by atoms with E-state index in [0.717, 1.165) is 64.3 Å². The Labute approximate surface area is 198 Å². The van der Waals surface area contributed by atoms with Crippen molar-refractivity contribution in [1.29, 1.82) is 0 Å². The molecule has 1 spiro atoms. The van der Waals surface area contributed by atoms with Gasteiger partial charge in [0.15, 0.2) is 0 Å². The monoisotopic (exact) mass is 452 g/mol. The molecule has 0 atom stereocenters. The number of rotatable bonds is 5. The van der Waals surface area contributed by atoms with Gasteiger partial charge in [0.05, 0.1) is 0 Å². The highest BCUT2D eigenvalue weighted by Crippen LogP contribution is 2.38. The second kappa shape index (κ2) is 11.7. The summed E-state index contributed by atoms with van der Waals surface area (Å²) in [5.74, 6) is 1.25. The predicted molar refractivity (Wildman–Crippen MR) is 131 cm³/mol. The number of carbonyl (C=O) groups is 1. The summed E-state index contributed by atoms with van der Waals surface area (Å²) >= 11 is 0. The number of fused-ring (bicyclic) bond motifs is 1. The SMILES string of the molecule is CCCCN1CCOc2ccccc2CCCCC2(CCN(C(=O)Cn3cccn3)CC2)C1. The first-order chi connectivity index (χ1) is 16.2. The summed E-state index contributed by atoms with van der Waals surface area (Å²) in [6, 6.07) is 10.4. The molecule has 0 unspecified atom stereocenters. The lowest BCUT2D eigenvalue weighted by Crippen LogP contribution is -2.49. The van der Waals surface area contributed by atoms with E-state index in [1.165, 1.54) is 37.7 Å². The van der Waals surface area contributed by atoms with E-state index in [-0.39, 0.29) is 5.91 Å². The van der Waals surface area contributed by atoms with Crippen molar-refractivity contribution in [2.45, 2.75) is 64.8 Å². The van der Waals surface area contributed by atoms with E-state index < -0.39 is 0 Å². The molecular formula is C27H40N4O2. The van der Waals surface area contributed by atoms with Crippen molar-refractivity contribution in [3.05, 3.63) is 48.3 Å². The van der Waals surface area contributed by atoms with Crippen molar-refractivity contribution >= 4 is 5.91 Å². The number of para-hydroxylation sites is 1. The minimum absolute atomic E-state index is 0.189. The molecule has 4 rings (SSSR count). The molecule has 0 radical (unpaired) electrons. The number of carbonyl (C=O) groups excluding carboxylic acids is 1. The van der Waals surface area contributed by atoms with Crippen LogP contribution >= 0.6 is 0 Å². The van der Waals surface area contributed by atoms with Gasteiger partial charge in [-0.25, -0.2) is 0 Å². The van der Waals surface area contributed by atoms with E-state index in [1.54, 1.807) is 10.9 Å². The van der Waals surface area contributed by atoms with Crippen LogP contribution in [0, 0.1) is 5.41 Å². The predicted octanol–water partition coefficient (Wildman–Crippen LogP) is 4.40. The Bertz CT molecular complexity index is 859. The topological polar surface area (TPSA) is 50.6 Å².